The van der Waals surface area contributed by atoms with Gasteiger partial charge in [0.15, 0.2) is 5.82 Å². The second-order valence-electron chi connectivity index (χ2n) is 6.46. The Morgan fingerprint density at radius 1 is 1.27 bits per heavy atom. The first-order valence-electron chi connectivity index (χ1n) is 8.54. The molecule has 3 aromatic heterocycles. The molecule has 26 heavy (non-hydrogen) atoms. The lowest BCUT2D eigenvalue weighted by Crippen LogP contribution is -2.31. The molecule has 0 bridgehead atoms. The van der Waals surface area contributed by atoms with E-state index in [0.717, 1.165) is 47.0 Å². The van der Waals surface area contributed by atoms with Crippen LogP contribution in [0.1, 0.15) is 28.1 Å². The summed E-state index contributed by atoms with van der Waals surface area (Å²) in [4.78, 5) is 16.7. The number of rotatable bonds is 4. The van der Waals surface area contributed by atoms with Crippen molar-refractivity contribution in [1.29, 1.82) is 0 Å². The van der Waals surface area contributed by atoms with Crippen LogP contribution in [0, 0.1) is 6.92 Å². The molecule has 3 aromatic rings. The molecule has 1 aliphatic rings. The second-order valence-corrected chi connectivity index (χ2v) is 7.41. The summed E-state index contributed by atoms with van der Waals surface area (Å²) in [6.07, 6.45) is 4.39. The van der Waals surface area contributed by atoms with E-state index >= 15 is 0 Å². The van der Waals surface area contributed by atoms with Crippen molar-refractivity contribution in [1.82, 2.24) is 19.9 Å². The summed E-state index contributed by atoms with van der Waals surface area (Å²) >= 11 is 1.64. The number of aliphatic hydroxyl groups excluding tert-OH is 1. The van der Waals surface area contributed by atoms with Crippen molar-refractivity contribution in [2.45, 2.75) is 33.0 Å². The second kappa shape index (κ2) is 7.11. The van der Waals surface area contributed by atoms with Gasteiger partial charge in [0.2, 0.25) is 0 Å². The molecule has 0 radical (unpaired) electrons. The van der Waals surface area contributed by atoms with Gasteiger partial charge in [0.25, 0.3) is 0 Å². The minimum atomic E-state index is -0.131. The van der Waals surface area contributed by atoms with Crippen molar-refractivity contribution in [3.63, 3.8) is 0 Å². The zero-order valence-corrected chi connectivity index (χ0v) is 15.3. The highest BCUT2D eigenvalue weighted by molar-refractivity contribution is 7.13. The molecule has 0 spiro atoms. The maximum absolute atomic E-state index is 10.4. The first kappa shape index (κ1) is 17.1. The lowest BCUT2D eigenvalue weighted by Gasteiger charge is -2.29. The average Bonchev–Trinajstić information content (AvgIpc) is 3.20. The highest BCUT2D eigenvalue weighted by Gasteiger charge is 2.22. The number of aryl methyl sites for hydroxylation is 1. The van der Waals surface area contributed by atoms with Crippen LogP contribution in [0.4, 0.5) is 0 Å². The molecule has 0 amide bonds. The quantitative estimate of drug-likeness (QED) is 0.737. The number of hydrogen-bond acceptors (Lipinski definition) is 7. The van der Waals surface area contributed by atoms with E-state index in [4.69, 9.17) is 4.98 Å². The molecule has 134 valence electrons. The van der Waals surface area contributed by atoms with E-state index in [1.54, 1.807) is 24.5 Å². The molecule has 0 saturated carbocycles. The molecule has 0 fully saturated rings. The number of thiophene rings is 1. The molecule has 2 N–H and O–H groups in total. The highest BCUT2D eigenvalue weighted by atomic mass is 32.1. The van der Waals surface area contributed by atoms with Gasteiger partial charge in [-0.25, -0.2) is 9.97 Å². The summed E-state index contributed by atoms with van der Waals surface area (Å²) < 4.78 is 0. The lowest BCUT2D eigenvalue weighted by molar-refractivity contribution is 0.232. The summed E-state index contributed by atoms with van der Waals surface area (Å²) in [6.45, 7) is 3.78. The van der Waals surface area contributed by atoms with Gasteiger partial charge in [-0.05, 0) is 18.4 Å². The maximum Gasteiger partial charge on any atom is 0.169 e. The normalized spacial score (nSPS) is 14.4. The first-order valence-corrected chi connectivity index (χ1v) is 9.42. The van der Waals surface area contributed by atoms with Gasteiger partial charge >= 0.3 is 0 Å². The van der Waals surface area contributed by atoms with Crippen LogP contribution >= 0.6 is 11.3 Å². The third-order valence-electron chi connectivity index (χ3n) is 4.74. The Hall–Kier alpha value is -2.35. The van der Waals surface area contributed by atoms with Gasteiger partial charge in [-0.3, -0.25) is 9.88 Å². The van der Waals surface area contributed by atoms with Crippen LogP contribution in [0.3, 0.4) is 0 Å². The molecule has 4 heterocycles. The van der Waals surface area contributed by atoms with E-state index in [2.05, 4.69) is 14.9 Å². The number of fused-ring (bicyclic) bond motifs is 1. The largest absolute Gasteiger partial charge is 0.506 e. The Balaban J connectivity index is 1.56. The van der Waals surface area contributed by atoms with Crippen LogP contribution in [0.5, 0.6) is 5.75 Å². The number of hydrogen-bond donors (Lipinski definition) is 2. The molecule has 0 atom stereocenters. The van der Waals surface area contributed by atoms with Crippen molar-refractivity contribution >= 4 is 11.3 Å². The van der Waals surface area contributed by atoms with Crippen molar-refractivity contribution in [2.24, 2.45) is 0 Å². The summed E-state index contributed by atoms with van der Waals surface area (Å²) in [7, 11) is 0. The van der Waals surface area contributed by atoms with Crippen LogP contribution in [0.15, 0.2) is 29.9 Å². The number of pyridine rings is 1. The minimum Gasteiger partial charge on any atom is -0.506 e. The molecule has 0 aliphatic carbocycles. The summed E-state index contributed by atoms with van der Waals surface area (Å²) in [5.41, 5.74) is 4.21. The molecular weight excluding hydrogens is 348 g/mol. The Morgan fingerprint density at radius 3 is 2.92 bits per heavy atom. The first-order chi connectivity index (χ1) is 12.7. The number of aliphatic hydroxyl groups is 1. The fourth-order valence-electron chi connectivity index (χ4n) is 3.25. The van der Waals surface area contributed by atoms with Gasteiger partial charge in [-0.15, -0.1) is 11.3 Å². The predicted molar refractivity (Wildman–Crippen MR) is 99.7 cm³/mol. The monoisotopic (exact) mass is 368 g/mol. The van der Waals surface area contributed by atoms with Crippen molar-refractivity contribution in [3.8, 4) is 16.5 Å². The minimum absolute atomic E-state index is 0.131. The van der Waals surface area contributed by atoms with Gasteiger partial charge in [0.1, 0.15) is 5.75 Å². The number of nitrogens with zero attached hydrogens (tertiary/aromatic N) is 4. The number of aromatic hydroxyl groups is 1. The fraction of sp³-hybridized carbons (Fsp3) is 0.316. The Kier molecular flexibility index (Phi) is 4.67. The summed E-state index contributed by atoms with van der Waals surface area (Å²) in [6, 6.07) is 4.04. The molecule has 1 aliphatic heterocycles. The molecule has 0 saturated heterocycles. The van der Waals surface area contributed by atoms with Crippen LogP contribution < -0.4 is 0 Å². The van der Waals surface area contributed by atoms with E-state index in [0.29, 0.717) is 17.8 Å². The van der Waals surface area contributed by atoms with Crippen molar-refractivity contribution < 1.29 is 10.2 Å². The molecule has 4 rings (SSSR count). The van der Waals surface area contributed by atoms with Crippen LogP contribution in [-0.2, 0) is 26.1 Å². The van der Waals surface area contributed by atoms with Crippen molar-refractivity contribution in [3.05, 3.63) is 58.0 Å². The third-order valence-corrected chi connectivity index (χ3v) is 5.60. The lowest BCUT2D eigenvalue weighted by atomic mass is 10.0. The molecule has 0 aromatic carbocycles. The molecular formula is C19H20N4O2S. The Morgan fingerprint density at radius 2 is 2.15 bits per heavy atom. The van der Waals surface area contributed by atoms with E-state index in [1.807, 2.05) is 23.7 Å². The average molecular weight is 368 g/mol. The third kappa shape index (κ3) is 3.21. The fourth-order valence-corrected chi connectivity index (χ4v) is 3.92. The zero-order valence-electron chi connectivity index (χ0n) is 14.5. The summed E-state index contributed by atoms with van der Waals surface area (Å²) in [5.74, 6) is 0.962. The smallest absolute Gasteiger partial charge is 0.169 e. The topological polar surface area (TPSA) is 82.4 Å². The zero-order chi connectivity index (χ0) is 18.1. The van der Waals surface area contributed by atoms with Gasteiger partial charge in [0, 0.05) is 55.1 Å². The van der Waals surface area contributed by atoms with E-state index in [9.17, 15) is 10.2 Å². The summed E-state index contributed by atoms with van der Waals surface area (Å²) in [5, 5.41) is 21.9. The van der Waals surface area contributed by atoms with Gasteiger partial charge < -0.3 is 10.2 Å². The number of aromatic nitrogens is 3. The Bertz CT molecular complexity index is 928. The van der Waals surface area contributed by atoms with E-state index in [1.165, 1.54) is 0 Å². The van der Waals surface area contributed by atoms with Crippen LogP contribution in [0.25, 0.3) is 10.7 Å². The standard InChI is InChI=1S/C19H20N4O2S/c1-12-18(25)15(14(11-24)8-20-12)10-23-5-4-16-13(9-23)7-21-19(22-16)17-3-2-6-26-17/h2-3,6-8,24-25H,4-5,9-11H2,1H3. The molecule has 6 nitrogen and oxygen atoms in total. The predicted octanol–water partition coefficient (Wildman–Crippen LogP) is 2.66. The van der Waals surface area contributed by atoms with E-state index < -0.39 is 0 Å². The van der Waals surface area contributed by atoms with Gasteiger partial charge in [-0.2, -0.15) is 0 Å². The van der Waals surface area contributed by atoms with Gasteiger partial charge in [0.05, 0.1) is 22.9 Å². The van der Waals surface area contributed by atoms with E-state index in [-0.39, 0.29) is 12.4 Å². The van der Waals surface area contributed by atoms with Crippen LogP contribution in [-0.4, -0.2) is 36.6 Å². The van der Waals surface area contributed by atoms with Crippen molar-refractivity contribution in [2.75, 3.05) is 6.54 Å². The SMILES string of the molecule is Cc1ncc(CO)c(CN2CCc3nc(-c4cccs4)ncc3C2)c1O. The highest BCUT2D eigenvalue weighted by Crippen LogP contribution is 2.28. The maximum atomic E-state index is 10.4. The molecule has 7 heteroatoms. The van der Waals surface area contributed by atoms with Crippen LogP contribution in [0.2, 0.25) is 0 Å². The Labute approximate surface area is 155 Å². The molecule has 0 unspecified atom stereocenters. The van der Waals surface area contributed by atoms with Gasteiger partial charge in [-0.1, -0.05) is 6.07 Å².